The number of nitrogens with one attached hydrogen (secondary N) is 2. The molecule has 150 valence electrons. The largest absolute Gasteiger partial charge is 0.345 e. The number of H-pyrrole nitrogens is 1. The summed E-state index contributed by atoms with van der Waals surface area (Å²) < 4.78 is 0. The van der Waals surface area contributed by atoms with E-state index in [-0.39, 0.29) is 5.92 Å². The Bertz CT molecular complexity index is 1420. The molecule has 3 aromatic carbocycles. The molecular weight excluding hydrogens is 406 g/mol. The molecule has 1 aliphatic rings. The van der Waals surface area contributed by atoms with E-state index in [1.54, 1.807) is 6.33 Å². The van der Waals surface area contributed by atoms with E-state index in [9.17, 15) is 0 Å². The van der Waals surface area contributed by atoms with Gasteiger partial charge in [0.25, 0.3) is 0 Å². The Kier molecular flexibility index (Phi) is 4.21. The molecule has 31 heavy (non-hydrogen) atoms. The van der Waals surface area contributed by atoms with Crippen LogP contribution in [0.3, 0.4) is 0 Å². The highest BCUT2D eigenvalue weighted by Gasteiger charge is 2.28. The molecule has 0 spiro atoms. The number of halogens is 1. The summed E-state index contributed by atoms with van der Waals surface area (Å²) in [5, 5.41) is 4.12. The minimum Gasteiger partial charge on any atom is -0.345 e. The zero-order chi connectivity index (χ0) is 20.8. The van der Waals surface area contributed by atoms with Crippen LogP contribution in [0.4, 0.5) is 11.6 Å². The van der Waals surface area contributed by atoms with Crippen molar-refractivity contribution in [1.82, 2.24) is 19.9 Å². The molecule has 5 aromatic rings. The number of aromatic nitrogens is 4. The van der Waals surface area contributed by atoms with Crippen molar-refractivity contribution in [2.45, 2.75) is 12.3 Å². The van der Waals surface area contributed by atoms with Gasteiger partial charge in [0.1, 0.15) is 0 Å². The van der Waals surface area contributed by atoms with Gasteiger partial charge in [0.2, 0.25) is 5.95 Å². The Morgan fingerprint density at radius 1 is 0.935 bits per heavy atom. The average Bonchev–Trinajstić information content (AvgIpc) is 3.27. The van der Waals surface area contributed by atoms with E-state index >= 15 is 0 Å². The van der Waals surface area contributed by atoms with Crippen molar-refractivity contribution in [3.8, 4) is 11.3 Å². The fourth-order valence-corrected chi connectivity index (χ4v) is 4.64. The van der Waals surface area contributed by atoms with E-state index in [0.717, 1.165) is 50.5 Å². The molecule has 0 fully saturated rings. The van der Waals surface area contributed by atoms with Gasteiger partial charge in [0.05, 0.1) is 23.1 Å². The lowest BCUT2D eigenvalue weighted by atomic mass is 9.78. The lowest BCUT2D eigenvalue weighted by Gasteiger charge is -2.28. The fourth-order valence-electron chi connectivity index (χ4n) is 4.37. The van der Waals surface area contributed by atoms with Crippen LogP contribution in [-0.4, -0.2) is 19.9 Å². The highest BCUT2D eigenvalue weighted by molar-refractivity contribution is 6.31. The molecular formula is C25H18ClN5. The molecule has 5 nitrogen and oxygen atoms in total. The van der Waals surface area contributed by atoms with Gasteiger partial charge in [-0.1, -0.05) is 54.1 Å². The van der Waals surface area contributed by atoms with Gasteiger partial charge < -0.3 is 10.3 Å². The Balaban J connectivity index is 1.40. The minimum atomic E-state index is 0.183. The number of fused-ring (bicyclic) bond motifs is 4. The average molecular weight is 424 g/mol. The molecule has 2 heterocycles. The van der Waals surface area contributed by atoms with Crippen LogP contribution in [-0.2, 0) is 6.42 Å². The van der Waals surface area contributed by atoms with Crippen LogP contribution >= 0.6 is 11.6 Å². The number of imidazole rings is 1. The third kappa shape index (κ3) is 3.14. The molecule has 0 amide bonds. The maximum Gasteiger partial charge on any atom is 0.227 e. The van der Waals surface area contributed by atoms with Crippen molar-refractivity contribution in [2.24, 2.45) is 0 Å². The summed E-state index contributed by atoms with van der Waals surface area (Å²) in [6.07, 6.45) is 4.44. The number of hydrogen-bond donors (Lipinski definition) is 2. The van der Waals surface area contributed by atoms with Crippen LogP contribution in [0.25, 0.3) is 22.3 Å². The lowest BCUT2D eigenvalue weighted by Crippen LogP contribution is -2.15. The van der Waals surface area contributed by atoms with E-state index in [1.165, 1.54) is 5.56 Å². The smallest absolute Gasteiger partial charge is 0.227 e. The van der Waals surface area contributed by atoms with Crippen molar-refractivity contribution >= 4 is 34.3 Å². The third-order valence-corrected chi connectivity index (χ3v) is 6.18. The van der Waals surface area contributed by atoms with Gasteiger partial charge in [-0.15, -0.1) is 0 Å². The predicted molar refractivity (Wildman–Crippen MR) is 124 cm³/mol. The normalized spacial score (nSPS) is 14.8. The topological polar surface area (TPSA) is 66.5 Å². The molecule has 2 aromatic heterocycles. The SMILES string of the molecule is Clc1ccccc1C1Cc2cnc(Nc3ccc4nc[nH]c4c3)nc2-c2ccccc21. The summed E-state index contributed by atoms with van der Waals surface area (Å²) in [6, 6.07) is 22.5. The Morgan fingerprint density at radius 2 is 1.77 bits per heavy atom. The predicted octanol–water partition coefficient (Wildman–Crippen LogP) is 6.10. The number of hydrogen-bond acceptors (Lipinski definition) is 4. The molecule has 0 saturated heterocycles. The number of aromatic amines is 1. The van der Waals surface area contributed by atoms with Crippen molar-refractivity contribution in [3.63, 3.8) is 0 Å². The second-order valence-corrected chi connectivity index (χ2v) is 8.10. The van der Waals surface area contributed by atoms with Gasteiger partial charge in [0.15, 0.2) is 0 Å². The molecule has 1 atom stereocenters. The second-order valence-electron chi connectivity index (χ2n) is 7.69. The van der Waals surface area contributed by atoms with Crippen molar-refractivity contribution in [3.05, 3.63) is 101 Å². The zero-order valence-electron chi connectivity index (χ0n) is 16.5. The molecule has 1 aliphatic carbocycles. The molecule has 6 heteroatoms. The third-order valence-electron chi connectivity index (χ3n) is 5.84. The van der Waals surface area contributed by atoms with Crippen molar-refractivity contribution in [2.75, 3.05) is 5.32 Å². The first kappa shape index (κ1) is 18.1. The lowest BCUT2D eigenvalue weighted by molar-refractivity contribution is 0.782. The first-order valence-corrected chi connectivity index (χ1v) is 10.5. The monoisotopic (exact) mass is 423 g/mol. The van der Waals surface area contributed by atoms with Crippen LogP contribution in [0.5, 0.6) is 0 Å². The van der Waals surface area contributed by atoms with Crippen LogP contribution in [0, 0.1) is 0 Å². The standard InChI is InChI=1S/C25H18ClN5/c26-21-8-4-3-6-18(21)20-11-15-13-27-25(31-24(15)19-7-2-1-5-17(19)20)30-16-9-10-22-23(12-16)29-14-28-22/h1-10,12-14,20H,11H2,(H,28,29)(H,27,30,31). The van der Waals surface area contributed by atoms with Gasteiger partial charge in [-0.2, -0.15) is 0 Å². The molecule has 2 N–H and O–H groups in total. The maximum atomic E-state index is 6.55. The Hall–Kier alpha value is -3.70. The van der Waals surface area contributed by atoms with E-state index < -0.39 is 0 Å². The highest BCUT2D eigenvalue weighted by Crippen LogP contribution is 2.43. The number of nitrogens with zero attached hydrogens (tertiary/aromatic N) is 3. The summed E-state index contributed by atoms with van der Waals surface area (Å²) in [6.45, 7) is 0. The summed E-state index contributed by atoms with van der Waals surface area (Å²) >= 11 is 6.55. The fraction of sp³-hybridized carbons (Fsp3) is 0.0800. The van der Waals surface area contributed by atoms with Crippen LogP contribution in [0.15, 0.2) is 79.3 Å². The molecule has 0 radical (unpaired) electrons. The van der Waals surface area contributed by atoms with Crippen LogP contribution in [0.1, 0.15) is 22.6 Å². The molecule has 1 unspecified atom stereocenters. The summed E-state index contributed by atoms with van der Waals surface area (Å²) in [5.41, 5.74) is 8.41. The molecule has 0 aliphatic heterocycles. The first-order valence-electron chi connectivity index (χ1n) is 10.2. The Labute approximate surface area is 184 Å². The Morgan fingerprint density at radius 3 is 2.68 bits per heavy atom. The zero-order valence-corrected chi connectivity index (χ0v) is 17.3. The van der Waals surface area contributed by atoms with Crippen molar-refractivity contribution in [1.29, 1.82) is 0 Å². The van der Waals surface area contributed by atoms with E-state index in [4.69, 9.17) is 16.6 Å². The highest BCUT2D eigenvalue weighted by atomic mass is 35.5. The van der Waals surface area contributed by atoms with E-state index in [1.807, 2.05) is 42.6 Å². The number of rotatable bonds is 3. The molecule has 0 saturated carbocycles. The number of benzene rings is 3. The second kappa shape index (κ2) is 7.22. The van der Waals surface area contributed by atoms with Crippen molar-refractivity contribution < 1.29 is 0 Å². The quantitative estimate of drug-likeness (QED) is 0.367. The minimum absolute atomic E-state index is 0.183. The number of anilines is 2. The van der Waals surface area contributed by atoms with Gasteiger partial charge in [-0.3, -0.25) is 0 Å². The van der Waals surface area contributed by atoms with Crippen LogP contribution in [0.2, 0.25) is 5.02 Å². The van der Waals surface area contributed by atoms with E-state index in [2.05, 4.69) is 50.6 Å². The van der Waals surface area contributed by atoms with Crippen LogP contribution < -0.4 is 5.32 Å². The maximum absolute atomic E-state index is 6.55. The van der Waals surface area contributed by atoms with Gasteiger partial charge >= 0.3 is 0 Å². The summed E-state index contributed by atoms with van der Waals surface area (Å²) in [7, 11) is 0. The molecule has 6 rings (SSSR count). The van der Waals surface area contributed by atoms with Gasteiger partial charge in [0, 0.05) is 28.4 Å². The van der Waals surface area contributed by atoms with Gasteiger partial charge in [-0.05, 0) is 47.4 Å². The summed E-state index contributed by atoms with van der Waals surface area (Å²) in [5.74, 6) is 0.756. The summed E-state index contributed by atoms with van der Waals surface area (Å²) in [4.78, 5) is 16.9. The van der Waals surface area contributed by atoms with E-state index in [0.29, 0.717) is 5.95 Å². The first-order chi connectivity index (χ1) is 15.3. The van der Waals surface area contributed by atoms with Gasteiger partial charge in [-0.25, -0.2) is 15.0 Å². The molecule has 0 bridgehead atoms.